The summed E-state index contributed by atoms with van der Waals surface area (Å²) in [5.74, 6) is -3.99. The van der Waals surface area contributed by atoms with Gasteiger partial charge in [-0.25, -0.2) is 8.78 Å². The molecule has 7 heteroatoms. The number of thiophene rings is 1. The summed E-state index contributed by atoms with van der Waals surface area (Å²) >= 11 is 1.33. The van der Waals surface area contributed by atoms with Crippen LogP contribution in [0, 0.1) is 18.6 Å². The van der Waals surface area contributed by atoms with Crippen LogP contribution < -0.4 is 4.90 Å². The topological polar surface area (TPSA) is 57.6 Å². The van der Waals surface area contributed by atoms with Gasteiger partial charge in [0.15, 0.2) is 23.2 Å². The number of anilines is 1. The fraction of sp³-hybridized carbons (Fsp3) is 0.167. The van der Waals surface area contributed by atoms with Gasteiger partial charge in [-0.3, -0.25) is 14.5 Å². The number of nitrogens with zero attached hydrogens (tertiary/aromatic N) is 1. The van der Waals surface area contributed by atoms with E-state index in [1.54, 1.807) is 0 Å². The van der Waals surface area contributed by atoms with Crippen LogP contribution in [0.4, 0.5) is 14.5 Å². The molecule has 4 nitrogen and oxygen atoms in total. The third kappa shape index (κ3) is 3.88. The number of Topliss-reactive ketones (excluding diaryl/α,β-unsaturated/α-hetero) is 1. The Hall–Kier alpha value is -3.32. The molecule has 1 N–H and O–H groups in total. The standard InChI is InChI=1S/C24H19F2NO3S/c1-14-11-12-31-23(14)21-20(19(28)10-7-15-5-3-2-4-6-15)22(29)24(30)27(21)16-8-9-17(25)18(26)13-16/h2-6,8-9,11-13,21,29H,7,10H2,1H3. The second-order valence-electron chi connectivity index (χ2n) is 7.32. The third-order valence-corrected chi connectivity index (χ3v) is 6.39. The van der Waals surface area contributed by atoms with Crippen molar-refractivity contribution in [3.05, 3.63) is 98.9 Å². The first kappa shape index (κ1) is 20.9. The van der Waals surface area contributed by atoms with Gasteiger partial charge < -0.3 is 5.11 Å². The summed E-state index contributed by atoms with van der Waals surface area (Å²) in [5.41, 5.74) is 1.84. The number of aliphatic hydroxyl groups is 1. The molecule has 1 amide bonds. The maximum absolute atomic E-state index is 13.9. The molecule has 1 aliphatic rings. The average Bonchev–Trinajstić information content (AvgIpc) is 3.30. The quantitative estimate of drug-likeness (QED) is 0.557. The minimum Gasteiger partial charge on any atom is -0.503 e. The minimum atomic E-state index is -1.12. The van der Waals surface area contributed by atoms with E-state index in [0.717, 1.165) is 28.2 Å². The number of aliphatic hydroxyl groups excluding tert-OH is 1. The zero-order valence-electron chi connectivity index (χ0n) is 16.6. The predicted molar refractivity (Wildman–Crippen MR) is 115 cm³/mol. The van der Waals surface area contributed by atoms with Gasteiger partial charge in [-0.2, -0.15) is 0 Å². The van der Waals surface area contributed by atoms with Crippen molar-refractivity contribution in [3.8, 4) is 0 Å². The molecule has 1 aromatic heterocycles. The van der Waals surface area contributed by atoms with Gasteiger partial charge in [0.25, 0.3) is 5.91 Å². The normalized spacial score (nSPS) is 16.3. The average molecular weight is 439 g/mol. The fourth-order valence-electron chi connectivity index (χ4n) is 3.74. The first-order valence-corrected chi connectivity index (χ1v) is 10.6. The van der Waals surface area contributed by atoms with Crippen LogP contribution in [0.3, 0.4) is 0 Å². The molecule has 31 heavy (non-hydrogen) atoms. The van der Waals surface area contributed by atoms with Crippen LogP contribution in [0.15, 0.2) is 71.3 Å². The highest BCUT2D eigenvalue weighted by Crippen LogP contribution is 2.44. The number of hydrogen-bond donors (Lipinski definition) is 1. The van der Waals surface area contributed by atoms with E-state index < -0.39 is 29.3 Å². The van der Waals surface area contributed by atoms with Crippen LogP contribution in [0.1, 0.15) is 28.5 Å². The summed E-state index contributed by atoms with van der Waals surface area (Å²) < 4.78 is 27.4. The molecule has 3 aromatic rings. The molecule has 1 atom stereocenters. The van der Waals surface area contributed by atoms with Gasteiger partial charge in [0.1, 0.15) is 6.04 Å². The molecule has 1 unspecified atom stereocenters. The number of aryl methyl sites for hydroxylation is 2. The molecule has 0 bridgehead atoms. The molecule has 2 aromatic carbocycles. The lowest BCUT2D eigenvalue weighted by Gasteiger charge is -2.26. The van der Waals surface area contributed by atoms with Gasteiger partial charge in [-0.15, -0.1) is 11.3 Å². The van der Waals surface area contributed by atoms with Crippen LogP contribution in [0.5, 0.6) is 0 Å². The zero-order valence-corrected chi connectivity index (χ0v) is 17.5. The minimum absolute atomic E-state index is 0.0174. The van der Waals surface area contributed by atoms with E-state index >= 15 is 0 Å². The Labute approximate surface area is 182 Å². The summed E-state index contributed by atoms with van der Waals surface area (Å²) in [4.78, 5) is 28.0. The Balaban J connectivity index is 1.73. The highest BCUT2D eigenvalue weighted by Gasteiger charge is 2.45. The van der Waals surface area contributed by atoms with E-state index in [1.165, 1.54) is 17.4 Å². The second kappa shape index (κ2) is 8.43. The molecule has 0 radical (unpaired) electrons. The van der Waals surface area contributed by atoms with Gasteiger partial charge in [-0.1, -0.05) is 30.3 Å². The van der Waals surface area contributed by atoms with Gasteiger partial charge in [0.2, 0.25) is 0 Å². The van der Waals surface area contributed by atoms with Crippen molar-refractivity contribution in [2.24, 2.45) is 0 Å². The lowest BCUT2D eigenvalue weighted by molar-refractivity contribution is -0.118. The molecular formula is C24H19F2NO3S. The van der Waals surface area contributed by atoms with Gasteiger partial charge >= 0.3 is 0 Å². The van der Waals surface area contributed by atoms with Crippen molar-refractivity contribution in [3.63, 3.8) is 0 Å². The Kier molecular flexibility index (Phi) is 5.69. The number of halogens is 2. The van der Waals surface area contributed by atoms with E-state index in [-0.39, 0.29) is 23.5 Å². The van der Waals surface area contributed by atoms with Crippen molar-refractivity contribution < 1.29 is 23.5 Å². The Bertz CT molecular complexity index is 1190. The third-order valence-electron chi connectivity index (χ3n) is 5.32. The number of carbonyl (C=O) groups is 2. The summed E-state index contributed by atoms with van der Waals surface area (Å²) in [6.07, 6.45) is 0.551. The van der Waals surface area contributed by atoms with Crippen molar-refractivity contribution in [1.82, 2.24) is 0 Å². The molecule has 0 spiro atoms. The number of ketones is 1. The van der Waals surface area contributed by atoms with Crippen molar-refractivity contribution in [2.75, 3.05) is 4.90 Å². The van der Waals surface area contributed by atoms with Crippen LogP contribution >= 0.6 is 11.3 Å². The largest absolute Gasteiger partial charge is 0.503 e. The number of carbonyl (C=O) groups excluding carboxylic acids is 2. The summed E-state index contributed by atoms with van der Waals surface area (Å²) in [7, 11) is 0. The lowest BCUT2D eigenvalue weighted by atomic mass is 9.95. The van der Waals surface area contributed by atoms with Crippen molar-refractivity contribution in [1.29, 1.82) is 0 Å². The van der Waals surface area contributed by atoms with E-state index in [2.05, 4.69) is 0 Å². The van der Waals surface area contributed by atoms with E-state index in [4.69, 9.17) is 0 Å². The van der Waals surface area contributed by atoms with Crippen LogP contribution in [-0.4, -0.2) is 16.8 Å². The van der Waals surface area contributed by atoms with Crippen LogP contribution in [0.25, 0.3) is 0 Å². The van der Waals surface area contributed by atoms with Crippen molar-refractivity contribution in [2.45, 2.75) is 25.8 Å². The van der Waals surface area contributed by atoms with Crippen LogP contribution in [-0.2, 0) is 16.0 Å². The van der Waals surface area contributed by atoms with Gasteiger partial charge in [0.05, 0.1) is 5.57 Å². The monoisotopic (exact) mass is 439 g/mol. The molecule has 158 valence electrons. The van der Waals surface area contributed by atoms with Gasteiger partial charge in [-0.05, 0) is 48.1 Å². The number of rotatable bonds is 6. The molecule has 2 heterocycles. The SMILES string of the molecule is Cc1ccsc1C1C(C(=O)CCc2ccccc2)=C(O)C(=O)N1c1ccc(F)c(F)c1. The first-order chi connectivity index (χ1) is 14.9. The van der Waals surface area contributed by atoms with Crippen LogP contribution in [0.2, 0.25) is 0 Å². The number of hydrogen-bond acceptors (Lipinski definition) is 4. The zero-order chi connectivity index (χ0) is 22.1. The smallest absolute Gasteiger partial charge is 0.294 e. The van der Waals surface area contributed by atoms with Gasteiger partial charge in [0, 0.05) is 23.1 Å². The Morgan fingerprint density at radius 1 is 1.10 bits per heavy atom. The van der Waals surface area contributed by atoms with E-state index in [9.17, 15) is 23.5 Å². The van der Waals surface area contributed by atoms with E-state index in [1.807, 2.05) is 48.7 Å². The Morgan fingerprint density at radius 2 is 1.84 bits per heavy atom. The molecular weight excluding hydrogens is 420 g/mol. The Morgan fingerprint density at radius 3 is 2.48 bits per heavy atom. The summed E-state index contributed by atoms with van der Waals surface area (Å²) in [6, 6.07) is 13.4. The lowest BCUT2D eigenvalue weighted by Crippen LogP contribution is -2.31. The van der Waals surface area contributed by atoms with E-state index in [0.29, 0.717) is 11.3 Å². The summed E-state index contributed by atoms with van der Waals surface area (Å²) in [6.45, 7) is 1.83. The molecule has 0 saturated carbocycles. The fourth-order valence-corrected chi connectivity index (χ4v) is 4.77. The molecule has 0 saturated heterocycles. The predicted octanol–water partition coefficient (Wildman–Crippen LogP) is 5.44. The molecule has 0 fully saturated rings. The highest BCUT2D eigenvalue weighted by atomic mass is 32.1. The second-order valence-corrected chi connectivity index (χ2v) is 8.26. The molecule has 1 aliphatic heterocycles. The maximum Gasteiger partial charge on any atom is 0.294 e. The first-order valence-electron chi connectivity index (χ1n) is 9.71. The number of benzene rings is 2. The highest BCUT2D eigenvalue weighted by molar-refractivity contribution is 7.10. The molecule has 4 rings (SSSR count). The van der Waals surface area contributed by atoms with Crippen molar-refractivity contribution >= 4 is 28.7 Å². The summed E-state index contributed by atoms with van der Waals surface area (Å²) in [5, 5.41) is 12.5. The molecule has 0 aliphatic carbocycles. The number of amides is 1. The maximum atomic E-state index is 13.9.